The van der Waals surface area contributed by atoms with Crippen molar-refractivity contribution in [1.82, 2.24) is 9.55 Å². The first kappa shape index (κ1) is 9.64. The van der Waals surface area contributed by atoms with Crippen LogP contribution in [-0.4, -0.2) is 15.3 Å². The molecule has 0 saturated heterocycles. The van der Waals surface area contributed by atoms with E-state index in [9.17, 15) is 9.59 Å². The van der Waals surface area contributed by atoms with E-state index >= 15 is 0 Å². The Labute approximate surface area is 85.3 Å². The lowest BCUT2D eigenvalue weighted by atomic mass is 10.2. The molecule has 0 saturated carbocycles. The Bertz CT molecular complexity index is 580. The number of Topliss-reactive ketones (excluding diaryl/α,β-unsaturated/α-hetero) is 1. The van der Waals surface area contributed by atoms with E-state index in [2.05, 4.69) is 4.98 Å². The number of carbonyl (C=O) groups excluding carboxylic acids is 1. The van der Waals surface area contributed by atoms with Crippen LogP contribution in [0.3, 0.4) is 0 Å². The van der Waals surface area contributed by atoms with Gasteiger partial charge in [0.05, 0.1) is 0 Å². The Kier molecular flexibility index (Phi) is 2.15. The van der Waals surface area contributed by atoms with Gasteiger partial charge in [-0.1, -0.05) is 0 Å². The second kappa shape index (κ2) is 3.34. The van der Waals surface area contributed by atoms with Gasteiger partial charge < -0.3 is 4.42 Å². The van der Waals surface area contributed by atoms with E-state index in [4.69, 9.17) is 4.42 Å². The van der Waals surface area contributed by atoms with E-state index in [0.29, 0.717) is 23.3 Å². The van der Waals surface area contributed by atoms with Crippen LogP contribution in [0, 0.1) is 0 Å². The largest absolute Gasteiger partial charge is 0.421 e. The number of ketones is 1. The molecule has 0 fully saturated rings. The summed E-state index contributed by atoms with van der Waals surface area (Å²) >= 11 is 0. The van der Waals surface area contributed by atoms with Gasteiger partial charge >= 0.3 is 5.76 Å². The van der Waals surface area contributed by atoms with Crippen molar-refractivity contribution in [3.05, 3.63) is 28.4 Å². The van der Waals surface area contributed by atoms with Crippen LogP contribution in [0.5, 0.6) is 0 Å². The lowest BCUT2D eigenvalue weighted by molar-refractivity contribution is 0.101. The zero-order chi connectivity index (χ0) is 11.0. The molecule has 2 aromatic heterocycles. The third kappa shape index (κ3) is 1.45. The average Bonchev–Trinajstić information content (AvgIpc) is 2.51. The van der Waals surface area contributed by atoms with Crippen LogP contribution in [0.15, 0.2) is 21.5 Å². The number of hydrogen-bond donors (Lipinski definition) is 0. The number of carbonyl (C=O) groups is 1. The fourth-order valence-electron chi connectivity index (χ4n) is 1.42. The molecule has 2 heterocycles. The first-order valence-electron chi connectivity index (χ1n) is 4.63. The van der Waals surface area contributed by atoms with E-state index in [1.54, 1.807) is 0 Å². The minimum atomic E-state index is -0.444. The summed E-state index contributed by atoms with van der Waals surface area (Å²) in [6.45, 7) is 3.77. The fraction of sp³-hybridized carbons (Fsp3) is 0.300. The van der Waals surface area contributed by atoms with Crippen molar-refractivity contribution in [3.63, 3.8) is 0 Å². The van der Waals surface area contributed by atoms with E-state index in [-0.39, 0.29) is 5.78 Å². The first-order valence-corrected chi connectivity index (χ1v) is 4.63. The number of aromatic nitrogens is 2. The predicted octanol–water partition coefficient (Wildman–Crippen LogP) is 1.21. The second-order valence-corrected chi connectivity index (χ2v) is 3.21. The van der Waals surface area contributed by atoms with Crippen LogP contribution >= 0.6 is 0 Å². The van der Waals surface area contributed by atoms with Gasteiger partial charge in [-0.2, -0.15) is 0 Å². The molecule has 0 amide bonds. The summed E-state index contributed by atoms with van der Waals surface area (Å²) in [5.74, 6) is -0.544. The molecule has 0 aliphatic heterocycles. The van der Waals surface area contributed by atoms with Crippen molar-refractivity contribution >= 4 is 17.0 Å². The summed E-state index contributed by atoms with van der Waals surface area (Å²) in [5.41, 5.74) is 1.28. The second-order valence-electron chi connectivity index (χ2n) is 3.21. The summed E-state index contributed by atoms with van der Waals surface area (Å²) in [4.78, 5) is 26.4. The Hall–Kier alpha value is -1.91. The maximum atomic E-state index is 11.3. The zero-order valence-corrected chi connectivity index (χ0v) is 8.48. The molecule has 5 heteroatoms. The van der Waals surface area contributed by atoms with E-state index in [1.165, 1.54) is 23.8 Å². The molecule has 0 N–H and O–H groups in total. The van der Waals surface area contributed by atoms with Gasteiger partial charge in [-0.15, -0.1) is 0 Å². The molecule has 78 valence electrons. The van der Waals surface area contributed by atoms with Gasteiger partial charge in [0.2, 0.25) is 0 Å². The van der Waals surface area contributed by atoms with E-state index in [1.807, 2.05) is 6.92 Å². The average molecular weight is 206 g/mol. The van der Waals surface area contributed by atoms with E-state index < -0.39 is 5.76 Å². The minimum Gasteiger partial charge on any atom is -0.406 e. The molecule has 0 aromatic carbocycles. The van der Waals surface area contributed by atoms with Crippen LogP contribution in [0.1, 0.15) is 24.2 Å². The van der Waals surface area contributed by atoms with Gasteiger partial charge in [0, 0.05) is 18.3 Å². The molecular formula is C10H10N2O3. The smallest absolute Gasteiger partial charge is 0.406 e. The lowest BCUT2D eigenvalue weighted by Crippen LogP contribution is -2.12. The van der Waals surface area contributed by atoms with Gasteiger partial charge in [-0.3, -0.25) is 9.36 Å². The van der Waals surface area contributed by atoms with Crippen LogP contribution in [0.25, 0.3) is 11.2 Å². The maximum absolute atomic E-state index is 11.3. The van der Waals surface area contributed by atoms with Crippen molar-refractivity contribution in [1.29, 1.82) is 0 Å². The highest BCUT2D eigenvalue weighted by molar-refractivity contribution is 5.95. The topological polar surface area (TPSA) is 65.1 Å². The number of aryl methyl sites for hydroxylation is 1. The molecule has 2 rings (SSSR count). The normalized spacial score (nSPS) is 10.8. The third-order valence-electron chi connectivity index (χ3n) is 2.23. The lowest BCUT2D eigenvalue weighted by Gasteiger charge is -1.96. The van der Waals surface area contributed by atoms with Crippen molar-refractivity contribution in [2.75, 3.05) is 0 Å². The van der Waals surface area contributed by atoms with Crippen molar-refractivity contribution in [2.24, 2.45) is 0 Å². The van der Waals surface area contributed by atoms with Gasteiger partial charge in [-0.05, 0) is 19.9 Å². The summed E-state index contributed by atoms with van der Waals surface area (Å²) in [7, 11) is 0. The molecule has 0 atom stereocenters. The highest BCUT2D eigenvalue weighted by Crippen LogP contribution is 2.12. The number of pyridine rings is 1. The highest BCUT2D eigenvalue weighted by Gasteiger charge is 2.10. The predicted molar refractivity (Wildman–Crippen MR) is 53.9 cm³/mol. The van der Waals surface area contributed by atoms with Crippen molar-refractivity contribution in [3.8, 4) is 0 Å². The molecule has 15 heavy (non-hydrogen) atoms. The van der Waals surface area contributed by atoms with Gasteiger partial charge in [-0.25, -0.2) is 9.78 Å². The van der Waals surface area contributed by atoms with Crippen LogP contribution in [0.4, 0.5) is 0 Å². The summed E-state index contributed by atoms with van der Waals surface area (Å²) < 4.78 is 6.39. The van der Waals surface area contributed by atoms with Crippen LogP contribution < -0.4 is 5.76 Å². The molecule has 0 spiro atoms. The van der Waals surface area contributed by atoms with Crippen molar-refractivity contribution in [2.45, 2.75) is 20.4 Å². The number of fused-ring (bicyclic) bond motifs is 1. The standard InChI is InChI=1S/C10H10N2O3/c1-3-12-9-8(15-10(12)14)4-7(5-11-9)6(2)13/h4-5H,3H2,1-2H3. The molecule has 5 nitrogen and oxygen atoms in total. The van der Waals surface area contributed by atoms with Crippen LogP contribution in [0.2, 0.25) is 0 Å². The zero-order valence-electron chi connectivity index (χ0n) is 8.48. The maximum Gasteiger partial charge on any atom is 0.421 e. The highest BCUT2D eigenvalue weighted by atomic mass is 16.4. The number of oxazole rings is 1. The molecule has 0 radical (unpaired) electrons. The third-order valence-corrected chi connectivity index (χ3v) is 2.23. The van der Waals surface area contributed by atoms with Gasteiger partial charge in [0.1, 0.15) is 0 Å². The SMILES string of the molecule is CCn1c(=O)oc2cc(C(C)=O)cnc21. The molecule has 0 unspecified atom stereocenters. The Morgan fingerprint density at radius 1 is 1.60 bits per heavy atom. The van der Waals surface area contributed by atoms with Crippen LogP contribution in [-0.2, 0) is 6.54 Å². The van der Waals surface area contributed by atoms with Gasteiger partial charge in [0.25, 0.3) is 0 Å². The Balaban J connectivity index is 2.75. The summed E-state index contributed by atoms with van der Waals surface area (Å²) in [5, 5.41) is 0. The summed E-state index contributed by atoms with van der Waals surface area (Å²) in [6, 6.07) is 1.54. The number of hydrogen-bond acceptors (Lipinski definition) is 4. The minimum absolute atomic E-state index is 0.101. The number of rotatable bonds is 2. The van der Waals surface area contributed by atoms with E-state index in [0.717, 1.165) is 0 Å². The fourth-order valence-corrected chi connectivity index (χ4v) is 1.42. The molecule has 2 aromatic rings. The monoisotopic (exact) mass is 206 g/mol. The quantitative estimate of drug-likeness (QED) is 0.693. The van der Waals surface area contributed by atoms with Gasteiger partial charge in [0.15, 0.2) is 17.0 Å². The Morgan fingerprint density at radius 3 is 2.93 bits per heavy atom. The molecule has 0 aliphatic rings. The number of nitrogens with zero attached hydrogens (tertiary/aromatic N) is 2. The van der Waals surface area contributed by atoms with Crippen molar-refractivity contribution < 1.29 is 9.21 Å². The molecular weight excluding hydrogens is 196 g/mol. The first-order chi connectivity index (χ1) is 7.13. The molecule has 0 bridgehead atoms. The summed E-state index contributed by atoms with van der Waals surface area (Å²) in [6.07, 6.45) is 1.45. The molecule has 0 aliphatic carbocycles. The Morgan fingerprint density at radius 2 is 2.33 bits per heavy atom.